The van der Waals surface area contributed by atoms with Crippen molar-refractivity contribution in [2.45, 2.75) is 18.8 Å². The summed E-state index contributed by atoms with van der Waals surface area (Å²) in [5.74, 6) is 0.146. The van der Waals surface area contributed by atoms with E-state index in [4.69, 9.17) is 4.74 Å². The van der Waals surface area contributed by atoms with E-state index in [2.05, 4.69) is 10.1 Å². The lowest BCUT2D eigenvalue weighted by molar-refractivity contribution is -0.274. The van der Waals surface area contributed by atoms with Crippen LogP contribution < -0.4 is 10.1 Å². The summed E-state index contributed by atoms with van der Waals surface area (Å²) in [5, 5.41) is 3.18. The van der Waals surface area contributed by atoms with Gasteiger partial charge < -0.3 is 14.8 Å². The van der Waals surface area contributed by atoms with E-state index in [0.29, 0.717) is 12.5 Å². The number of hydrogen-bond acceptors (Lipinski definition) is 3. The summed E-state index contributed by atoms with van der Waals surface area (Å²) in [6.07, 6.45) is -3.70. The lowest BCUT2D eigenvalue weighted by atomic mass is 9.92. The molecule has 1 heterocycles. The Hall–Kier alpha value is -1.27. The molecule has 0 amide bonds. The van der Waals surface area contributed by atoms with Crippen LogP contribution in [-0.4, -0.2) is 26.6 Å². The lowest BCUT2D eigenvalue weighted by Crippen LogP contribution is -2.25. The van der Waals surface area contributed by atoms with E-state index in [0.717, 1.165) is 18.6 Å². The smallest absolute Gasteiger partial charge is 0.406 e. The van der Waals surface area contributed by atoms with Gasteiger partial charge in [-0.1, -0.05) is 12.1 Å². The summed E-state index contributed by atoms with van der Waals surface area (Å²) in [5.41, 5.74) is 0.938. The molecule has 0 radical (unpaired) electrons. The Morgan fingerprint density at radius 1 is 1.32 bits per heavy atom. The molecule has 1 N–H and O–H groups in total. The van der Waals surface area contributed by atoms with Crippen LogP contribution in [0.4, 0.5) is 13.2 Å². The van der Waals surface area contributed by atoms with Gasteiger partial charge in [0.05, 0.1) is 6.61 Å². The highest BCUT2D eigenvalue weighted by Gasteiger charge is 2.31. The zero-order valence-electron chi connectivity index (χ0n) is 10.5. The van der Waals surface area contributed by atoms with Crippen molar-refractivity contribution in [3.05, 3.63) is 29.8 Å². The summed E-state index contributed by atoms with van der Waals surface area (Å²) in [4.78, 5) is 0. The Morgan fingerprint density at radius 2 is 2.00 bits per heavy atom. The first-order valence-electron chi connectivity index (χ1n) is 6.10. The van der Waals surface area contributed by atoms with Gasteiger partial charge in [0.1, 0.15) is 5.75 Å². The van der Waals surface area contributed by atoms with Crippen LogP contribution in [0.1, 0.15) is 18.0 Å². The van der Waals surface area contributed by atoms with E-state index >= 15 is 0 Å². The van der Waals surface area contributed by atoms with Gasteiger partial charge in [-0.3, -0.25) is 0 Å². The maximum Gasteiger partial charge on any atom is 0.573 e. The summed E-state index contributed by atoms with van der Waals surface area (Å²) < 4.78 is 45.4. The van der Waals surface area contributed by atoms with Crippen LogP contribution in [0, 0.1) is 5.92 Å². The molecule has 1 aromatic rings. The highest BCUT2D eigenvalue weighted by Crippen LogP contribution is 2.30. The van der Waals surface area contributed by atoms with Gasteiger partial charge in [0.2, 0.25) is 0 Å². The molecule has 3 nitrogen and oxygen atoms in total. The lowest BCUT2D eigenvalue weighted by Gasteiger charge is -2.22. The fourth-order valence-electron chi connectivity index (χ4n) is 2.37. The normalized spacial score (nSPS) is 21.4. The molecule has 0 aromatic heterocycles. The van der Waals surface area contributed by atoms with Gasteiger partial charge in [-0.15, -0.1) is 13.2 Å². The topological polar surface area (TPSA) is 30.5 Å². The molecule has 0 spiro atoms. The van der Waals surface area contributed by atoms with Crippen LogP contribution in [0.2, 0.25) is 0 Å². The van der Waals surface area contributed by atoms with Gasteiger partial charge >= 0.3 is 6.36 Å². The molecule has 1 aromatic carbocycles. The molecular weight excluding hydrogens is 259 g/mol. The predicted molar refractivity (Wildman–Crippen MR) is 63.9 cm³/mol. The average molecular weight is 275 g/mol. The van der Waals surface area contributed by atoms with Gasteiger partial charge in [-0.25, -0.2) is 0 Å². The van der Waals surface area contributed by atoms with Crippen LogP contribution >= 0.6 is 0 Å². The highest BCUT2D eigenvalue weighted by atomic mass is 19.4. The van der Waals surface area contributed by atoms with Gasteiger partial charge in [-0.2, -0.15) is 0 Å². The van der Waals surface area contributed by atoms with Crippen molar-refractivity contribution < 1.29 is 22.6 Å². The van der Waals surface area contributed by atoms with Gasteiger partial charge in [0.25, 0.3) is 0 Å². The second-order valence-electron chi connectivity index (χ2n) is 4.51. The fourth-order valence-corrected chi connectivity index (χ4v) is 2.37. The zero-order chi connectivity index (χ0) is 13.9. The van der Waals surface area contributed by atoms with Gasteiger partial charge in [0.15, 0.2) is 0 Å². The Labute approximate surface area is 109 Å². The molecule has 1 fully saturated rings. The second kappa shape index (κ2) is 5.79. The minimum atomic E-state index is -4.65. The van der Waals surface area contributed by atoms with E-state index in [1.165, 1.54) is 12.1 Å². The summed E-state index contributed by atoms with van der Waals surface area (Å²) in [6, 6.07) is 6.06. The number of alkyl halides is 3. The molecular formula is C13H16F3NO2. The first-order valence-corrected chi connectivity index (χ1v) is 6.10. The second-order valence-corrected chi connectivity index (χ2v) is 4.51. The van der Waals surface area contributed by atoms with Gasteiger partial charge in [0, 0.05) is 18.6 Å². The van der Waals surface area contributed by atoms with Crippen molar-refractivity contribution in [2.24, 2.45) is 5.92 Å². The molecule has 106 valence electrons. The molecule has 19 heavy (non-hydrogen) atoms. The van der Waals surface area contributed by atoms with Crippen LogP contribution in [-0.2, 0) is 4.74 Å². The van der Waals surface area contributed by atoms with E-state index in [-0.39, 0.29) is 11.8 Å². The Kier molecular flexibility index (Phi) is 4.31. The molecule has 1 aliphatic heterocycles. The van der Waals surface area contributed by atoms with Crippen molar-refractivity contribution >= 4 is 0 Å². The van der Waals surface area contributed by atoms with Crippen LogP contribution in [0.15, 0.2) is 24.3 Å². The Morgan fingerprint density at radius 3 is 2.47 bits per heavy atom. The van der Waals surface area contributed by atoms with Gasteiger partial charge in [-0.05, 0) is 31.2 Å². The summed E-state index contributed by atoms with van der Waals surface area (Å²) >= 11 is 0. The number of halogens is 3. The summed E-state index contributed by atoms with van der Waals surface area (Å²) in [7, 11) is 1.84. The van der Waals surface area contributed by atoms with Crippen molar-refractivity contribution in [2.75, 3.05) is 20.3 Å². The monoisotopic (exact) mass is 275 g/mol. The largest absolute Gasteiger partial charge is 0.573 e. The van der Waals surface area contributed by atoms with E-state index in [9.17, 15) is 13.2 Å². The molecule has 1 saturated heterocycles. The Bertz CT molecular complexity index is 399. The third kappa shape index (κ3) is 3.84. The van der Waals surface area contributed by atoms with E-state index < -0.39 is 6.36 Å². The number of nitrogens with one attached hydrogen (secondary N) is 1. The van der Waals surface area contributed by atoms with Crippen molar-refractivity contribution in [3.63, 3.8) is 0 Å². The Balaban J connectivity index is 2.07. The maximum absolute atomic E-state index is 12.1. The number of hydrogen-bond donors (Lipinski definition) is 1. The van der Waals surface area contributed by atoms with Crippen LogP contribution in [0.5, 0.6) is 5.75 Å². The van der Waals surface area contributed by atoms with E-state index in [1.807, 2.05) is 7.05 Å². The molecule has 0 aliphatic carbocycles. The first-order chi connectivity index (χ1) is 8.99. The minimum absolute atomic E-state index is 0.0856. The third-order valence-corrected chi connectivity index (χ3v) is 3.22. The quantitative estimate of drug-likeness (QED) is 0.916. The third-order valence-electron chi connectivity index (χ3n) is 3.22. The van der Waals surface area contributed by atoms with E-state index in [1.54, 1.807) is 12.1 Å². The number of ether oxygens (including phenoxy) is 2. The fraction of sp³-hybridized carbons (Fsp3) is 0.538. The molecule has 1 aliphatic rings. The summed E-state index contributed by atoms with van der Waals surface area (Å²) in [6.45, 7) is 1.41. The minimum Gasteiger partial charge on any atom is -0.406 e. The SMILES string of the molecule is CNC(c1ccc(OC(F)(F)F)cc1)C1CCOC1. The predicted octanol–water partition coefficient (Wildman–Crippen LogP) is 2.88. The number of benzene rings is 1. The average Bonchev–Trinajstić information content (AvgIpc) is 2.84. The van der Waals surface area contributed by atoms with Crippen LogP contribution in [0.25, 0.3) is 0 Å². The standard InChI is InChI=1S/C13H16F3NO2/c1-17-12(10-6-7-18-8-10)9-2-4-11(5-3-9)19-13(14,15)16/h2-5,10,12,17H,6-8H2,1H3. The molecule has 0 saturated carbocycles. The van der Waals surface area contributed by atoms with Crippen molar-refractivity contribution in [1.29, 1.82) is 0 Å². The van der Waals surface area contributed by atoms with Crippen LogP contribution in [0.3, 0.4) is 0 Å². The molecule has 6 heteroatoms. The first kappa shape index (κ1) is 14.1. The molecule has 2 rings (SSSR count). The number of rotatable bonds is 4. The molecule has 2 atom stereocenters. The van der Waals surface area contributed by atoms with Crippen molar-refractivity contribution in [3.8, 4) is 5.75 Å². The maximum atomic E-state index is 12.1. The highest BCUT2D eigenvalue weighted by molar-refractivity contribution is 5.29. The molecule has 2 unspecified atom stereocenters. The van der Waals surface area contributed by atoms with Crippen molar-refractivity contribution in [1.82, 2.24) is 5.32 Å². The zero-order valence-corrected chi connectivity index (χ0v) is 10.5. The molecule has 0 bridgehead atoms.